The molecule has 0 aromatic heterocycles. The Balaban J connectivity index is 1.60. The Morgan fingerprint density at radius 3 is 2.47 bits per heavy atom. The van der Waals surface area contributed by atoms with Crippen LogP contribution >= 0.6 is 23.2 Å². The Bertz CT molecular complexity index is 1280. The summed E-state index contributed by atoms with van der Waals surface area (Å²) < 4.78 is 13.6. The fourth-order valence-electron chi connectivity index (χ4n) is 4.47. The van der Waals surface area contributed by atoms with Gasteiger partial charge in [-0.2, -0.15) is 5.26 Å². The van der Waals surface area contributed by atoms with E-state index in [1.807, 2.05) is 39.0 Å². The number of nitrogens with one attached hydrogen (secondary N) is 1. The number of halogens is 3. The van der Waals surface area contributed by atoms with Crippen molar-refractivity contribution in [3.63, 3.8) is 0 Å². The van der Waals surface area contributed by atoms with Crippen molar-refractivity contribution in [2.24, 2.45) is 11.3 Å². The first-order valence-corrected chi connectivity index (χ1v) is 11.0. The molecule has 32 heavy (non-hydrogen) atoms. The van der Waals surface area contributed by atoms with Crippen LogP contribution in [0, 0.1) is 35.4 Å². The minimum atomic E-state index is -0.476. The van der Waals surface area contributed by atoms with Crippen LogP contribution in [0.2, 0.25) is 10.0 Å². The quantitative estimate of drug-likeness (QED) is 0.436. The largest absolute Gasteiger partial charge is 0.326 e. The number of amides is 1. The zero-order valence-electron chi connectivity index (χ0n) is 17.8. The van der Waals surface area contributed by atoms with Gasteiger partial charge in [0, 0.05) is 27.8 Å². The van der Waals surface area contributed by atoms with Crippen molar-refractivity contribution >= 4 is 34.8 Å². The van der Waals surface area contributed by atoms with Crippen LogP contribution in [-0.2, 0) is 4.79 Å². The molecule has 0 aliphatic heterocycles. The molecular weight excluding hydrogens is 446 g/mol. The number of nitriles is 1. The first kappa shape index (κ1) is 22.3. The number of nitrogens with zero attached hydrogens (tertiary/aromatic N) is 1. The number of rotatable bonds is 4. The average Bonchev–Trinajstić information content (AvgIpc) is 3.33. The molecule has 4 rings (SSSR count). The average molecular weight is 467 g/mol. The lowest BCUT2D eigenvalue weighted by Crippen LogP contribution is -2.16. The van der Waals surface area contributed by atoms with Crippen LogP contribution in [0.5, 0.6) is 0 Å². The summed E-state index contributed by atoms with van der Waals surface area (Å²) in [6.45, 7) is 5.95. The Hall–Kier alpha value is -2.87. The minimum Gasteiger partial charge on any atom is -0.326 e. The fourth-order valence-corrected chi connectivity index (χ4v) is 4.88. The monoisotopic (exact) mass is 466 g/mol. The molecule has 1 fully saturated rings. The topological polar surface area (TPSA) is 52.9 Å². The van der Waals surface area contributed by atoms with Crippen molar-refractivity contribution in [3.05, 3.63) is 87.2 Å². The maximum atomic E-state index is 13.6. The first-order chi connectivity index (χ1) is 15.1. The molecule has 1 saturated carbocycles. The van der Waals surface area contributed by atoms with Crippen LogP contribution < -0.4 is 5.32 Å². The van der Waals surface area contributed by atoms with Crippen molar-refractivity contribution in [3.8, 4) is 17.2 Å². The van der Waals surface area contributed by atoms with Crippen LogP contribution in [0.3, 0.4) is 0 Å². The summed E-state index contributed by atoms with van der Waals surface area (Å²) in [7, 11) is 0. The Labute approximate surface area is 196 Å². The van der Waals surface area contributed by atoms with Gasteiger partial charge in [-0.15, -0.1) is 0 Å². The molecule has 0 heterocycles. The predicted molar refractivity (Wildman–Crippen MR) is 126 cm³/mol. The number of hydrogen-bond acceptors (Lipinski definition) is 2. The first-order valence-electron chi connectivity index (χ1n) is 10.2. The number of aryl methyl sites for hydroxylation is 1. The summed E-state index contributed by atoms with van der Waals surface area (Å²) in [4.78, 5) is 13.1. The van der Waals surface area contributed by atoms with Gasteiger partial charge in [0.1, 0.15) is 5.82 Å². The molecule has 3 nitrogen and oxygen atoms in total. The van der Waals surface area contributed by atoms with E-state index in [1.165, 1.54) is 6.07 Å². The third kappa shape index (κ3) is 3.99. The van der Waals surface area contributed by atoms with E-state index < -0.39 is 5.82 Å². The Morgan fingerprint density at radius 1 is 1.03 bits per heavy atom. The molecule has 2 unspecified atom stereocenters. The summed E-state index contributed by atoms with van der Waals surface area (Å²) in [5.41, 5.74) is 4.04. The highest BCUT2D eigenvalue weighted by atomic mass is 35.5. The van der Waals surface area contributed by atoms with Crippen molar-refractivity contribution in [2.75, 3.05) is 5.32 Å². The fraction of sp³-hybridized carbons (Fsp3) is 0.231. The van der Waals surface area contributed by atoms with Gasteiger partial charge < -0.3 is 5.32 Å². The summed E-state index contributed by atoms with van der Waals surface area (Å²) in [6, 6.07) is 17.6. The van der Waals surface area contributed by atoms with E-state index in [1.54, 1.807) is 30.3 Å². The van der Waals surface area contributed by atoms with Gasteiger partial charge in [-0.25, -0.2) is 4.39 Å². The van der Waals surface area contributed by atoms with Crippen LogP contribution in [0.15, 0.2) is 54.6 Å². The van der Waals surface area contributed by atoms with Crippen LogP contribution in [0.25, 0.3) is 11.1 Å². The molecule has 1 aliphatic rings. The van der Waals surface area contributed by atoms with E-state index in [0.717, 1.165) is 11.1 Å². The molecule has 1 amide bonds. The third-order valence-corrected chi connectivity index (χ3v) is 6.85. The van der Waals surface area contributed by atoms with Gasteiger partial charge in [-0.05, 0) is 59.9 Å². The van der Waals surface area contributed by atoms with Crippen LogP contribution in [0.1, 0.15) is 36.5 Å². The summed E-state index contributed by atoms with van der Waals surface area (Å²) in [6.07, 6.45) is 0. The van der Waals surface area contributed by atoms with Crippen LogP contribution in [0.4, 0.5) is 10.1 Å². The van der Waals surface area contributed by atoms with Crippen molar-refractivity contribution in [2.45, 2.75) is 26.7 Å². The zero-order chi connectivity index (χ0) is 23.2. The molecule has 3 aromatic rings. The molecule has 1 aliphatic carbocycles. The lowest BCUT2D eigenvalue weighted by Gasteiger charge is -2.12. The maximum Gasteiger partial charge on any atom is 0.228 e. The maximum absolute atomic E-state index is 13.6. The molecule has 162 valence electrons. The molecule has 3 aromatic carbocycles. The lowest BCUT2D eigenvalue weighted by molar-refractivity contribution is -0.118. The number of benzene rings is 3. The van der Waals surface area contributed by atoms with Crippen molar-refractivity contribution in [1.82, 2.24) is 0 Å². The van der Waals surface area contributed by atoms with Gasteiger partial charge in [0.05, 0.1) is 22.6 Å². The van der Waals surface area contributed by atoms with Gasteiger partial charge in [-0.1, -0.05) is 55.2 Å². The number of carbonyl (C=O) groups is 1. The lowest BCUT2D eigenvalue weighted by atomic mass is 9.98. The number of hydrogen-bond donors (Lipinski definition) is 1. The highest BCUT2D eigenvalue weighted by Gasteiger charge is 2.62. The Morgan fingerprint density at radius 2 is 1.78 bits per heavy atom. The standard InChI is InChI=1S/C26H21Cl2FN2O/c1-14-4-7-18(16(10-14)13-30)19-12-17(6-8-20(19)27)31-25(32)24-23(26(24,2)3)15-5-9-22(29)21(28)11-15/h4-12,23-24H,1-3H3,(H,31,32). The third-order valence-electron chi connectivity index (χ3n) is 6.23. The van der Waals surface area contributed by atoms with Crippen LogP contribution in [-0.4, -0.2) is 5.91 Å². The van der Waals surface area contributed by atoms with Gasteiger partial charge >= 0.3 is 0 Å². The number of anilines is 1. The van der Waals surface area contributed by atoms with E-state index in [0.29, 0.717) is 27.4 Å². The van der Waals surface area contributed by atoms with E-state index in [9.17, 15) is 14.4 Å². The Kier molecular flexibility index (Phi) is 5.75. The molecule has 0 spiro atoms. The van der Waals surface area contributed by atoms with Gasteiger partial charge in [0.25, 0.3) is 0 Å². The molecule has 1 N–H and O–H groups in total. The zero-order valence-corrected chi connectivity index (χ0v) is 19.4. The van der Waals surface area contributed by atoms with E-state index in [4.69, 9.17) is 23.2 Å². The van der Waals surface area contributed by atoms with Gasteiger partial charge in [0.2, 0.25) is 5.91 Å². The SMILES string of the molecule is Cc1ccc(-c2cc(NC(=O)C3C(c4ccc(F)c(Cl)c4)C3(C)C)ccc2Cl)c(C#N)c1. The number of carbonyl (C=O) groups excluding carboxylic acids is 1. The highest BCUT2D eigenvalue weighted by molar-refractivity contribution is 6.33. The van der Waals surface area contributed by atoms with Crippen molar-refractivity contribution < 1.29 is 9.18 Å². The molecule has 2 atom stereocenters. The van der Waals surface area contributed by atoms with Gasteiger partial charge in [0.15, 0.2) is 0 Å². The highest BCUT2D eigenvalue weighted by Crippen LogP contribution is 2.64. The molecule has 0 radical (unpaired) electrons. The van der Waals surface area contributed by atoms with E-state index in [2.05, 4.69) is 11.4 Å². The molecule has 0 bridgehead atoms. The van der Waals surface area contributed by atoms with Gasteiger partial charge in [-0.3, -0.25) is 4.79 Å². The minimum absolute atomic E-state index is 0.0538. The van der Waals surface area contributed by atoms with Crippen molar-refractivity contribution in [1.29, 1.82) is 5.26 Å². The summed E-state index contributed by atoms with van der Waals surface area (Å²) >= 11 is 12.4. The summed E-state index contributed by atoms with van der Waals surface area (Å²) in [5, 5.41) is 13.1. The smallest absolute Gasteiger partial charge is 0.228 e. The molecule has 6 heteroatoms. The second-order valence-electron chi connectivity index (χ2n) is 8.79. The predicted octanol–water partition coefficient (Wildman–Crippen LogP) is 7.36. The van der Waals surface area contributed by atoms with E-state index in [-0.39, 0.29) is 28.2 Å². The molecule has 0 saturated heterocycles. The van der Waals surface area contributed by atoms with E-state index >= 15 is 0 Å². The second-order valence-corrected chi connectivity index (χ2v) is 9.61. The summed E-state index contributed by atoms with van der Waals surface area (Å²) in [5.74, 6) is -0.943. The second kappa shape index (κ2) is 8.24. The normalized spacial score (nSPS) is 18.7. The molecular formula is C26H21Cl2FN2O.